The normalized spacial score (nSPS) is 10.2. The van der Waals surface area contributed by atoms with Crippen molar-refractivity contribution in [3.8, 4) is 0 Å². The summed E-state index contributed by atoms with van der Waals surface area (Å²) < 4.78 is 0. The van der Waals surface area contributed by atoms with Crippen LogP contribution in [0.15, 0.2) is 18.5 Å². The van der Waals surface area contributed by atoms with E-state index >= 15 is 0 Å². The van der Waals surface area contributed by atoms with Gasteiger partial charge in [-0.3, -0.25) is 10.1 Å². The first kappa shape index (κ1) is 10.6. The van der Waals surface area contributed by atoms with E-state index in [9.17, 15) is 4.79 Å². The summed E-state index contributed by atoms with van der Waals surface area (Å²) in [6, 6.07) is 1.99. The number of nitrogens with zero attached hydrogens (tertiary/aromatic N) is 2. The third-order valence-electron chi connectivity index (χ3n) is 1.49. The number of hydrogen-bond acceptors (Lipinski definition) is 4. The Morgan fingerprint density at radius 2 is 2.07 bits per heavy atom. The summed E-state index contributed by atoms with van der Waals surface area (Å²) in [5.74, 6) is 0.202. The van der Waals surface area contributed by atoms with Crippen LogP contribution in [0.4, 0.5) is 5.95 Å². The first-order valence-corrected chi connectivity index (χ1v) is 4.48. The fraction of sp³-hybridized carbons (Fsp3) is 0.444. The van der Waals surface area contributed by atoms with Crippen molar-refractivity contribution in [1.29, 1.82) is 0 Å². The molecule has 0 radical (unpaired) electrons. The number of aromatic nitrogens is 2. The molecule has 0 atom stereocenters. The maximum Gasteiger partial charge on any atom is 0.240 e. The molecule has 1 heterocycles. The van der Waals surface area contributed by atoms with Gasteiger partial charge in [-0.15, -0.1) is 0 Å². The van der Waals surface area contributed by atoms with E-state index in [4.69, 9.17) is 0 Å². The van der Waals surface area contributed by atoms with Gasteiger partial charge in [-0.05, 0) is 6.07 Å². The second-order valence-corrected chi connectivity index (χ2v) is 3.16. The highest BCUT2D eigenvalue weighted by Gasteiger charge is 2.03. The monoisotopic (exact) mass is 194 g/mol. The molecule has 1 aromatic rings. The molecule has 0 bridgehead atoms. The molecule has 5 nitrogen and oxygen atoms in total. The van der Waals surface area contributed by atoms with Crippen LogP contribution in [-0.2, 0) is 4.79 Å². The van der Waals surface area contributed by atoms with Crippen LogP contribution in [0.5, 0.6) is 0 Å². The number of carbonyl (C=O) groups is 1. The number of amides is 1. The van der Waals surface area contributed by atoms with Gasteiger partial charge in [-0.2, -0.15) is 0 Å². The highest BCUT2D eigenvalue weighted by molar-refractivity contribution is 5.90. The fourth-order valence-electron chi connectivity index (χ4n) is 0.829. The second-order valence-electron chi connectivity index (χ2n) is 3.16. The molecule has 0 fully saturated rings. The lowest BCUT2D eigenvalue weighted by molar-refractivity contribution is -0.115. The molecule has 0 unspecified atom stereocenters. The highest BCUT2D eigenvalue weighted by Crippen LogP contribution is 1.92. The van der Waals surface area contributed by atoms with E-state index in [2.05, 4.69) is 20.6 Å². The van der Waals surface area contributed by atoms with Crippen LogP contribution in [0, 0.1) is 0 Å². The molecular weight excluding hydrogens is 180 g/mol. The van der Waals surface area contributed by atoms with Crippen LogP contribution in [0.3, 0.4) is 0 Å². The van der Waals surface area contributed by atoms with Crippen LogP contribution >= 0.6 is 0 Å². The van der Waals surface area contributed by atoms with E-state index in [0.29, 0.717) is 5.95 Å². The predicted octanol–water partition coefficient (Wildman–Crippen LogP) is 0.413. The van der Waals surface area contributed by atoms with Gasteiger partial charge in [-0.1, -0.05) is 13.8 Å². The van der Waals surface area contributed by atoms with Crippen molar-refractivity contribution in [3.63, 3.8) is 0 Å². The van der Waals surface area contributed by atoms with E-state index in [1.807, 2.05) is 13.8 Å². The van der Waals surface area contributed by atoms with E-state index < -0.39 is 0 Å². The van der Waals surface area contributed by atoms with Crippen LogP contribution < -0.4 is 10.6 Å². The number of rotatable bonds is 4. The predicted molar refractivity (Wildman–Crippen MR) is 53.8 cm³/mol. The topological polar surface area (TPSA) is 66.9 Å². The molecule has 1 rings (SSSR count). The third-order valence-corrected chi connectivity index (χ3v) is 1.49. The maximum atomic E-state index is 11.3. The molecule has 5 heteroatoms. The Bertz CT molecular complexity index is 286. The summed E-state index contributed by atoms with van der Waals surface area (Å²) in [6.45, 7) is 4.23. The number of anilines is 1. The minimum absolute atomic E-state index is 0.134. The van der Waals surface area contributed by atoms with Crippen molar-refractivity contribution in [2.75, 3.05) is 11.9 Å². The summed E-state index contributed by atoms with van der Waals surface area (Å²) in [4.78, 5) is 19.0. The van der Waals surface area contributed by atoms with Gasteiger partial charge < -0.3 is 5.32 Å². The van der Waals surface area contributed by atoms with Crippen LogP contribution in [0.2, 0.25) is 0 Å². The zero-order valence-corrected chi connectivity index (χ0v) is 8.32. The van der Waals surface area contributed by atoms with Crippen molar-refractivity contribution in [2.45, 2.75) is 19.9 Å². The van der Waals surface area contributed by atoms with Crippen molar-refractivity contribution in [2.24, 2.45) is 0 Å². The van der Waals surface area contributed by atoms with E-state index in [-0.39, 0.29) is 18.5 Å². The van der Waals surface area contributed by atoms with Crippen LogP contribution in [0.1, 0.15) is 13.8 Å². The van der Waals surface area contributed by atoms with Gasteiger partial charge in [0.2, 0.25) is 11.9 Å². The van der Waals surface area contributed by atoms with E-state index in [0.717, 1.165) is 0 Å². The highest BCUT2D eigenvalue weighted by atomic mass is 16.2. The number of nitrogens with one attached hydrogen (secondary N) is 2. The lowest BCUT2D eigenvalue weighted by atomic mass is 10.4. The zero-order valence-electron chi connectivity index (χ0n) is 8.32. The van der Waals surface area contributed by atoms with E-state index in [1.54, 1.807) is 18.5 Å². The fourth-order valence-corrected chi connectivity index (χ4v) is 0.829. The minimum Gasteiger partial charge on any atom is -0.306 e. The second kappa shape index (κ2) is 5.29. The van der Waals surface area contributed by atoms with Crippen molar-refractivity contribution >= 4 is 11.9 Å². The molecule has 76 valence electrons. The molecular formula is C9H14N4O. The standard InChI is InChI=1S/C9H14N4O/c1-7(2)12-6-8(14)13-9-10-4-3-5-11-9/h3-5,7,12H,6H2,1-2H3,(H,10,11,13,14). The molecule has 1 amide bonds. The Balaban J connectivity index is 2.35. The Kier molecular flexibility index (Phi) is 4.00. The van der Waals surface area contributed by atoms with Crippen molar-refractivity contribution in [1.82, 2.24) is 15.3 Å². The first-order valence-electron chi connectivity index (χ1n) is 4.48. The van der Waals surface area contributed by atoms with Gasteiger partial charge in [0, 0.05) is 18.4 Å². The molecule has 0 aliphatic rings. The summed E-state index contributed by atoms with van der Waals surface area (Å²) in [6.07, 6.45) is 3.16. The molecule has 0 saturated heterocycles. The Hall–Kier alpha value is -1.49. The van der Waals surface area contributed by atoms with Gasteiger partial charge in [0.15, 0.2) is 0 Å². The van der Waals surface area contributed by atoms with Crippen molar-refractivity contribution < 1.29 is 4.79 Å². The average Bonchev–Trinajstić information content (AvgIpc) is 2.16. The van der Waals surface area contributed by atoms with Crippen LogP contribution in [0.25, 0.3) is 0 Å². The van der Waals surface area contributed by atoms with Gasteiger partial charge in [0.1, 0.15) is 0 Å². The molecule has 0 saturated carbocycles. The molecule has 0 spiro atoms. The van der Waals surface area contributed by atoms with Gasteiger partial charge in [0.25, 0.3) is 0 Å². The van der Waals surface area contributed by atoms with Gasteiger partial charge >= 0.3 is 0 Å². The molecule has 1 aromatic heterocycles. The third kappa shape index (κ3) is 3.95. The summed E-state index contributed by atoms with van der Waals surface area (Å²) in [5, 5.41) is 5.57. The lowest BCUT2D eigenvalue weighted by Gasteiger charge is -2.07. The lowest BCUT2D eigenvalue weighted by Crippen LogP contribution is -2.33. The quantitative estimate of drug-likeness (QED) is 0.728. The van der Waals surface area contributed by atoms with Crippen LogP contribution in [-0.4, -0.2) is 28.5 Å². The Morgan fingerprint density at radius 1 is 1.43 bits per heavy atom. The van der Waals surface area contributed by atoms with Gasteiger partial charge in [0.05, 0.1) is 6.54 Å². The Morgan fingerprint density at radius 3 is 2.64 bits per heavy atom. The summed E-state index contributed by atoms with van der Waals surface area (Å²) in [5.41, 5.74) is 0. The first-order chi connectivity index (χ1) is 6.68. The van der Waals surface area contributed by atoms with Crippen molar-refractivity contribution in [3.05, 3.63) is 18.5 Å². The molecule has 2 N–H and O–H groups in total. The number of hydrogen-bond donors (Lipinski definition) is 2. The maximum absolute atomic E-state index is 11.3. The Labute approximate surface area is 83.0 Å². The smallest absolute Gasteiger partial charge is 0.240 e. The molecule has 14 heavy (non-hydrogen) atoms. The van der Waals surface area contributed by atoms with Gasteiger partial charge in [-0.25, -0.2) is 9.97 Å². The SMILES string of the molecule is CC(C)NCC(=O)Nc1ncccn1. The molecule has 0 aromatic carbocycles. The molecule has 0 aliphatic heterocycles. The minimum atomic E-state index is -0.134. The average molecular weight is 194 g/mol. The summed E-state index contributed by atoms with van der Waals surface area (Å²) >= 11 is 0. The summed E-state index contributed by atoms with van der Waals surface area (Å²) in [7, 11) is 0. The number of carbonyl (C=O) groups excluding carboxylic acids is 1. The van der Waals surface area contributed by atoms with E-state index in [1.165, 1.54) is 0 Å². The zero-order chi connectivity index (χ0) is 10.4. The largest absolute Gasteiger partial charge is 0.306 e. The molecule has 0 aliphatic carbocycles.